The average Bonchev–Trinajstić information content (AvgIpc) is 2.70. The van der Waals surface area contributed by atoms with Gasteiger partial charge in [0.05, 0.1) is 0 Å². The van der Waals surface area contributed by atoms with Crippen molar-refractivity contribution in [3.05, 3.63) is 64.2 Å². The van der Waals surface area contributed by atoms with Crippen LogP contribution < -0.4 is 10.1 Å². The number of hydrogen-bond donors (Lipinski definition) is 2. The van der Waals surface area contributed by atoms with Crippen LogP contribution in [0.25, 0.3) is 0 Å². The van der Waals surface area contributed by atoms with Crippen LogP contribution in [0.1, 0.15) is 30.4 Å². The maximum atomic E-state index is 15.1. The molecule has 0 amide bonds. The zero-order chi connectivity index (χ0) is 20.6. The van der Waals surface area contributed by atoms with Crippen molar-refractivity contribution < 1.29 is 23.0 Å². The third-order valence-corrected chi connectivity index (χ3v) is 6.59. The summed E-state index contributed by atoms with van der Waals surface area (Å²) in [5, 5.41) is 15.4. The first-order chi connectivity index (χ1) is 13.9. The molecule has 2 aliphatic rings. The molecule has 0 saturated heterocycles. The number of hydrogen-bond acceptors (Lipinski definition) is 3. The van der Waals surface area contributed by atoms with Crippen LogP contribution in [0.15, 0.2) is 36.4 Å². The summed E-state index contributed by atoms with van der Waals surface area (Å²) in [5.41, 5.74) is -1.54. The summed E-state index contributed by atoms with van der Waals surface area (Å²) in [7, 11) is 0. The summed E-state index contributed by atoms with van der Waals surface area (Å²) in [5.74, 6) is -1.36. The number of halogens is 4. The largest absolute Gasteiger partial charge is 0.487 e. The Hall–Kier alpha value is -1.76. The molecule has 1 aliphatic carbocycles. The SMILES string of the molecule is O[C@@]12COc3c(F)ccc(F)c3C1(Cc1ccc(Cl)cc1)CC[C@@H](NCCF)C2. The van der Waals surface area contributed by atoms with E-state index in [1.807, 2.05) is 12.1 Å². The van der Waals surface area contributed by atoms with E-state index in [1.165, 1.54) is 0 Å². The highest BCUT2D eigenvalue weighted by molar-refractivity contribution is 6.30. The van der Waals surface area contributed by atoms with Crippen LogP contribution in [0.2, 0.25) is 5.02 Å². The number of alkyl halides is 1. The van der Waals surface area contributed by atoms with Crippen LogP contribution >= 0.6 is 11.6 Å². The number of ether oxygens (including phenoxy) is 1. The van der Waals surface area contributed by atoms with Crippen molar-refractivity contribution in [3.63, 3.8) is 0 Å². The van der Waals surface area contributed by atoms with E-state index in [1.54, 1.807) is 12.1 Å². The number of fused-ring (bicyclic) bond motifs is 3. The Morgan fingerprint density at radius 3 is 2.59 bits per heavy atom. The van der Waals surface area contributed by atoms with Gasteiger partial charge in [0, 0.05) is 28.6 Å². The second kappa shape index (κ2) is 7.82. The molecule has 156 valence electrons. The predicted molar refractivity (Wildman–Crippen MR) is 105 cm³/mol. The van der Waals surface area contributed by atoms with Crippen molar-refractivity contribution in [2.75, 3.05) is 19.8 Å². The molecule has 0 aromatic heterocycles. The highest BCUT2D eigenvalue weighted by Gasteiger charge is 2.60. The van der Waals surface area contributed by atoms with Gasteiger partial charge in [0.15, 0.2) is 11.6 Å². The topological polar surface area (TPSA) is 41.5 Å². The zero-order valence-electron chi connectivity index (χ0n) is 15.9. The minimum atomic E-state index is -1.43. The molecule has 1 saturated carbocycles. The Morgan fingerprint density at radius 1 is 1.14 bits per heavy atom. The molecule has 3 atom stereocenters. The molecular weight excluding hydrogens is 403 g/mol. The lowest BCUT2D eigenvalue weighted by molar-refractivity contribution is -0.121. The molecule has 0 spiro atoms. The van der Waals surface area contributed by atoms with E-state index in [-0.39, 0.29) is 36.9 Å². The monoisotopic (exact) mass is 425 g/mol. The summed E-state index contributed by atoms with van der Waals surface area (Å²) in [4.78, 5) is 0. The van der Waals surface area contributed by atoms with Gasteiger partial charge in [-0.25, -0.2) is 13.2 Å². The lowest BCUT2D eigenvalue weighted by atomic mass is 9.55. The zero-order valence-corrected chi connectivity index (χ0v) is 16.6. The number of benzene rings is 2. The van der Waals surface area contributed by atoms with Gasteiger partial charge in [0.25, 0.3) is 0 Å². The van der Waals surface area contributed by atoms with Crippen molar-refractivity contribution in [1.29, 1.82) is 0 Å². The quantitative estimate of drug-likeness (QED) is 0.749. The third kappa shape index (κ3) is 3.51. The Morgan fingerprint density at radius 2 is 1.86 bits per heavy atom. The average molecular weight is 426 g/mol. The second-order valence-corrected chi connectivity index (χ2v) is 8.46. The van der Waals surface area contributed by atoms with Gasteiger partial charge in [-0.3, -0.25) is 0 Å². The first-order valence-corrected chi connectivity index (χ1v) is 10.1. The summed E-state index contributed by atoms with van der Waals surface area (Å²) >= 11 is 5.99. The first kappa shape index (κ1) is 20.5. The van der Waals surface area contributed by atoms with Gasteiger partial charge in [0.1, 0.15) is 24.7 Å². The minimum Gasteiger partial charge on any atom is -0.487 e. The lowest BCUT2D eigenvalue weighted by Crippen LogP contribution is -2.65. The van der Waals surface area contributed by atoms with Gasteiger partial charge in [-0.15, -0.1) is 0 Å². The summed E-state index contributed by atoms with van der Waals surface area (Å²) in [6.45, 7) is -0.475. The second-order valence-electron chi connectivity index (χ2n) is 8.02. The van der Waals surface area contributed by atoms with Crippen LogP contribution in [-0.4, -0.2) is 36.6 Å². The van der Waals surface area contributed by atoms with E-state index in [9.17, 15) is 13.9 Å². The molecule has 2 aromatic carbocycles. The van der Waals surface area contributed by atoms with Crippen molar-refractivity contribution in [2.45, 2.75) is 42.7 Å². The number of rotatable bonds is 5. The Kier molecular flexibility index (Phi) is 5.53. The van der Waals surface area contributed by atoms with Crippen molar-refractivity contribution >= 4 is 11.6 Å². The molecule has 7 heteroatoms. The number of aliphatic hydroxyl groups is 1. The van der Waals surface area contributed by atoms with E-state index < -0.39 is 29.3 Å². The summed E-state index contributed by atoms with van der Waals surface area (Å²) < 4.78 is 47.7. The fourth-order valence-corrected chi connectivity index (χ4v) is 5.08. The molecule has 0 radical (unpaired) electrons. The van der Waals surface area contributed by atoms with Gasteiger partial charge in [-0.05, 0) is 55.5 Å². The molecule has 1 fully saturated rings. The van der Waals surface area contributed by atoms with E-state index in [0.717, 1.165) is 17.7 Å². The van der Waals surface area contributed by atoms with E-state index in [2.05, 4.69) is 5.32 Å². The highest BCUT2D eigenvalue weighted by Crippen LogP contribution is 2.55. The molecule has 2 N–H and O–H groups in total. The predicted octanol–water partition coefficient (Wildman–Crippen LogP) is 4.33. The smallest absolute Gasteiger partial charge is 0.165 e. The number of nitrogens with one attached hydrogen (secondary N) is 1. The van der Waals surface area contributed by atoms with Crippen LogP contribution in [0.5, 0.6) is 5.75 Å². The van der Waals surface area contributed by atoms with E-state index in [0.29, 0.717) is 24.3 Å². The standard InChI is InChI=1S/C22H23ClF3NO2/c23-15-3-1-14(2-4-15)11-21-8-7-16(27-10-9-24)12-22(21,28)13-29-20-18(26)6-5-17(25)19(20)21/h1-6,16,27-28H,7-13H2/t16-,21?,22+/m1/s1. The molecule has 3 nitrogen and oxygen atoms in total. The maximum Gasteiger partial charge on any atom is 0.165 e. The molecule has 1 heterocycles. The van der Waals surface area contributed by atoms with Crippen molar-refractivity contribution in [3.8, 4) is 5.75 Å². The minimum absolute atomic E-state index is 0.0881. The van der Waals surface area contributed by atoms with E-state index in [4.69, 9.17) is 16.3 Å². The van der Waals surface area contributed by atoms with Crippen molar-refractivity contribution in [2.24, 2.45) is 0 Å². The van der Waals surface area contributed by atoms with Gasteiger partial charge in [0.2, 0.25) is 0 Å². The van der Waals surface area contributed by atoms with Crippen LogP contribution in [0.3, 0.4) is 0 Å². The molecule has 4 rings (SSSR count). The molecule has 29 heavy (non-hydrogen) atoms. The Bertz CT molecular complexity index is 894. The first-order valence-electron chi connectivity index (χ1n) is 9.76. The molecule has 1 aliphatic heterocycles. The van der Waals surface area contributed by atoms with Gasteiger partial charge in [-0.1, -0.05) is 23.7 Å². The fraction of sp³-hybridized carbons (Fsp3) is 0.455. The lowest BCUT2D eigenvalue weighted by Gasteiger charge is -2.55. The molecule has 1 unspecified atom stereocenters. The highest BCUT2D eigenvalue weighted by atomic mass is 35.5. The van der Waals surface area contributed by atoms with Crippen LogP contribution in [0, 0.1) is 11.6 Å². The van der Waals surface area contributed by atoms with Crippen LogP contribution in [-0.2, 0) is 11.8 Å². The summed E-state index contributed by atoms with van der Waals surface area (Å²) in [6.07, 6.45) is 1.58. The van der Waals surface area contributed by atoms with Gasteiger partial charge in [-0.2, -0.15) is 0 Å². The molecule has 0 bridgehead atoms. The molecule has 2 aromatic rings. The maximum absolute atomic E-state index is 15.1. The van der Waals surface area contributed by atoms with Gasteiger partial charge >= 0.3 is 0 Å². The van der Waals surface area contributed by atoms with Crippen LogP contribution in [0.4, 0.5) is 13.2 Å². The Labute approximate surface area is 172 Å². The third-order valence-electron chi connectivity index (χ3n) is 6.33. The fourth-order valence-electron chi connectivity index (χ4n) is 4.95. The van der Waals surface area contributed by atoms with E-state index >= 15 is 4.39 Å². The van der Waals surface area contributed by atoms with Crippen molar-refractivity contribution in [1.82, 2.24) is 5.32 Å². The normalized spacial score (nSPS) is 28.4. The molecular formula is C22H23ClF3NO2. The van der Waals surface area contributed by atoms with Gasteiger partial charge < -0.3 is 15.2 Å². The summed E-state index contributed by atoms with van der Waals surface area (Å²) in [6, 6.07) is 9.14. The Balaban J connectivity index is 1.81.